The molecule has 0 unspecified atom stereocenters. The van der Waals surface area contributed by atoms with Crippen molar-refractivity contribution in [3.63, 3.8) is 0 Å². The molecule has 1 aliphatic carbocycles. The van der Waals surface area contributed by atoms with Crippen LogP contribution in [0.3, 0.4) is 0 Å². The van der Waals surface area contributed by atoms with E-state index in [0.717, 1.165) is 22.3 Å². The van der Waals surface area contributed by atoms with Crippen molar-refractivity contribution in [2.75, 3.05) is 43.9 Å². The molecule has 0 atom stereocenters. The van der Waals surface area contributed by atoms with Gasteiger partial charge in [-0.05, 0) is 81.4 Å². The normalized spacial score (nSPS) is 17.8. The first-order chi connectivity index (χ1) is 16.9. The third-order valence-electron chi connectivity index (χ3n) is 7.32. The van der Waals surface area contributed by atoms with Crippen LogP contribution in [-0.4, -0.2) is 48.2 Å². The number of halogens is 2. The van der Waals surface area contributed by atoms with Crippen LogP contribution in [0.15, 0.2) is 49.3 Å². The molecule has 1 saturated heterocycles. The largest absolute Gasteiger partial charge is 0.491 e. The summed E-state index contributed by atoms with van der Waals surface area (Å²) in [6.07, 6.45) is 8.42. The molecule has 8 heteroatoms. The summed E-state index contributed by atoms with van der Waals surface area (Å²) in [5, 5.41) is 7.48. The van der Waals surface area contributed by atoms with Crippen molar-refractivity contribution in [2.24, 2.45) is 11.3 Å². The Morgan fingerprint density at radius 1 is 1.23 bits per heavy atom. The fourth-order valence-corrected chi connectivity index (χ4v) is 5.51. The van der Waals surface area contributed by atoms with E-state index in [1.807, 2.05) is 18.2 Å². The molecule has 0 amide bonds. The van der Waals surface area contributed by atoms with E-state index in [4.69, 9.17) is 16.3 Å². The first-order valence-electron chi connectivity index (χ1n) is 12.1. The van der Waals surface area contributed by atoms with Crippen molar-refractivity contribution in [3.05, 3.63) is 60.2 Å². The lowest BCUT2D eigenvalue weighted by Crippen LogP contribution is -2.47. The average Bonchev–Trinajstić information content (AvgIpc) is 2.83. The summed E-state index contributed by atoms with van der Waals surface area (Å²) in [5.41, 5.74) is 2.80. The summed E-state index contributed by atoms with van der Waals surface area (Å²) in [6, 6.07) is 8.43. The monoisotopic (exact) mass is 495 g/mol. The van der Waals surface area contributed by atoms with E-state index in [1.54, 1.807) is 6.07 Å². The Bertz CT molecular complexity index is 1220. The topological polar surface area (TPSA) is 62.3 Å². The van der Waals surface area contributed by atoms with Crippen LogP contribution in [0.1, 0.15) is 25.7 Å². The Kier molecular flexibility index (Phi) is 6.80. The second kappa shape index (κ2) is 9.99. The van der Waals surface area contributed by atoms with E-state index in [1.165, 1.54) is 57.2 Å². The molecule has 2 aliphatic rings. The average molecular weight is 496 g/mol. The van der Waals surface area contributed by atoms with Crippen molar-refractivity contribution in [2.45, 2.75) is 25.7 Å². The number of nitrogens with one attached hydrogen (secondary N) is 2. The molecule has 1 saturated carbocycles. The molecule has 6 nitrogen and oxygen atoms in total. The number of nitrogens with zero attached hydrogens (tertiary/aromatic N) is 3. The van der Waals surface area contributed by atoms with Crippen molar-refractivity contribution in [1.29, 1.82) is 0 Å². The number of ether oxygens (including phenoxy) is 1. The molecule has 2 N–H and O–H groups in total. The number of aromatic nitrogens is 2. The van der Waals surface area contributed by atoms with E-state index in [0.29, 0.717) is 36.0 Å². The molecular formula is C27H31ClFN5O. The summed E-state index contributed by atoms with van der Waals surface area (Å²) in [7, 11) is 2.21. The highest BCUT2D eigenvalue weighted by Crippen LogP contribution is 2.52. The number of benzene rings is 2. The highest BCUT2D eigenvalue weighted by molar-refractivity contribution is 6.31. The fourth-order valence-electron chi connectivity index (χ4n) is 5.33. The first-order valence-corrected chi connectivity index (χ1v) is 12.5. The molecule has 2 aromatic carbocycles. The van der Waals surface area contributed by atoms with Gasteiger partial charge in [-0.2, -0.15) is 0 Å². The zero-order valence-corrected chi connectivity index (χ0v) is 20.7. The SMILES string of the molecule is C=CCNc1cc2c(Nc3ccc(F)c(Cl)c3)ncnc2cc1OCC1CC2(CCN(C)CC2)C1. The van der Waals surface area contributed by atoms with E-state index in [9.17, 15) is 4.39 Å². The number of hydrogen-bond donors (Lipinski definition) is 2. The zero-order valence-electron chi connectivity index (χ0n) is 20.0. The van der Waals surface area contributed by atoms with Crippen molar-refractivity contribution in [3.8, 4) is 5.75 Å². The maximum atomic E-state index is 13.6. The maximum absolute atomic E-state index is 13.6. The van der Waals surface area contributed by atoms with Crippen LogP contribution >= 0.6 is 11.6 Å². The molecule has 35 heavy (non-hydrogen) atoms. The molecule has 0 bridgehead atoms. The second-order valence-electron chi connectivity index (χ2n) is 9.90. The van der Waals surface area contributed by atoms with Gasteiger partial charge in [0.1, 0.15) is 23.7 Å². The predicted octanol–water partition coefficient (Wildman–Crippen LogP) is 6.26. The molecule has 5 rings (SSSR count). The van der Waals surface area contributed by atoms with Gasteiger partial charge in [-0.3, -0.25) is 0 Å². The van der Waals surface area contributed by atoms with E-state index >= 15 is 0 Å². The molecule has 1 aromatic heterocycles. The lowest BCUT2D eigenvalue weighted by Gasteiger charge is -2.51. The van der Waals surface area contributed by atoms with Crippen molar-refractivity contribution >= 4 is 39.7 Å². The Morgan fingerprint density at radius 2 is 2.03 bits per heavy atom. The van der Waals surface area contributed by atoms with Crippen LogP contribution in [0.2, 0.25) is 5.02 Å². The van der Waals surface area contributed by atoms with Gasteiger partial charge < -0.3 is 20.3 Å². The van der Waals surface area contributed by atoms with Gasteiger partial charge in [0.2, 0.25) is 0 Å². The van der Waals surface area contributed by atoms with Crippen LogP contribution in [0, 0.1) is 17.2 Å². The molecular weight excluding hydrogens is 465 g/mol. The minimum absolute atomic E-state index is 0.0513. The first kappa shape index (κ1) is 23.8. The Hall–Kier alpha value is -2.90. The van der Waals surface area contributed by atoms with Gasteiger partial charge in [0.25, 0.3) is 0 Å². The van der Waals surface area contributed by atoms with Gasteiger partial charge in [0.05, 0.1) is 22.8 Å². The summed E-state index contributed by atoms with van der Waals surface area (Å²) in [4.78, 5) is 11.3. The van der Waals surface area contributed by atoms with Gasteiger partial charge in [-0.1, -0.05) is 17.7 Å². The maximum Gasteiger partial charge on any atom is 0.144 e. The summed E-state index contributed by atoms with van der Waals surface area (Å²) >= 11 is 5.95. The van der Waals surface area contributed by atoms with Gasteiger partial charge >= 0.3 is 0 Å². The Morgan fingerprint density at radius 3 is 2.77 bits per heavy atom. The molecule has 1 spiro atoms. The van der Waals surface area contributed by atoms with Gasteiger partial charge in [0, 0.05) is 23.7 Å². The second-order valence-corrected chi connectivity index (χ2v) is 10.3. The van der Waals surface area contributed by atoms with Gasteiger partial charge in [0.15, 0.2) is 0 Å². The Balaban J connectivity index is 1.34. The third-order valence-corrected chi connectivity index (χ3v) is 7.61. The standard InChI is InChI=1S/C27H31ClFN5O/c1-3-8-30-24-12-20-23(31-17-32-26(20)33-19-4-5-22(29)21(28)11-19)13-25(24)35-16-18-14-27(15-18)6-9-34(2)10-7-27/h3-5,11-13,17-18,30H,1,6-10,14-16H2,2H3,(H,31,32,33). The smallest absolute Gasteiger partial charge is 0.144 e. The minimum atomic E-state index is -0.462. The predicted molar refractivity (Wildman–Crippen MR) is 140 cm³/mol. The molecule has 0 radical (unpaired) electrons. The number of anilines is 3. The number of likely N-dealkylation sites (tertiary alicyclic amines) is 1. The fraction of sp³-hybridized carbons (Fsp3) is 0.407. The summed E-state index contributed by atoms with van der Waals surface area (Å²) < 4.78 is 19.9. The van der Waals surface area contributed by atoms with Crippen LogP contribution < -0.4 is 15.4 Å². The lowest BCUT2D eigenvalue weighted by molar-refractivity contribution is -0.0244. The summed E-state index contributed by atoms with van der Waals surface area (Å²) in [6.45, 7) is 7.53. The molecule has 2 heterocycles. The van der Waals surface area contributed by atoms with E-state index in [2.05, 4.69) is 39.1 Å². The number of piperidine rings is 1. The Labute approximate surface area is 210 Å². The summed E-state index contributed by atoms with van der Waals surface area (Å²) in [5.74, 6) is 1.51. The van der Waals surface area contributed by atoms with E-state index in [-0.39, 0.29) is 5.02 Å². The van der Waals surface area contributed by atoms with Gasteiger partial charge in [-0.25, -0.2) is 14.4 Å². The van der Waals surface area contributed by atoms with Crippen LogP contribution in [0.4, 0.5) is 21.6 Å². The van der Waals surface area contributed by atoms with Gasteiger partial charge in [-0.15, -0.1) is 6.58 Å². The molecule has 3 aromatic rings. The number of fused-ring (bicyclic) bond motifs is 1. The lowest BCUT2D eigenvalue weighted by atomic mass is 9.58. The quantitative estimate of drug-likeness (QED) is 0.359. The van der Waals surface area contributed by atoms with Crippen molar-refractivity contribution < 1.29 is 9.13 Å². The highest BCUT2D eigenvalue weighted by Gasteiger charge is 2.45. The van der Waals surface area contributed by atoms with E-state index < -0.39 is 5.82 Å². The number of rotatable bonds is 8. The van der Waals surface area contributed by atoms with Crippen molar-refractivity contribution in [1.82, 2.24) is 14.9 Å². The number of hydrogen-bond acceptors (Lipinski definition) is 6. The zero-order chi connectivity index (χ0) is 24.4. The van der Waals surface area contributed by atoms with Crippen LogP contribution in [0.25, 0.3) is 10.9 Å². The molecule has 184 valence electrons. The highest BCUT2D eigenvalue weighted by atomic mass is 35.5. The third kappa shape index (κ3) is 5.21. The molecule has 2 fully saturated rings. The van der Waals surface area contributed by atoms with Crippen LogP contribution in [0.5, 0.6) is 5.75 Å². The molecule has 1 aliphatic heterocycles. The minimum Gasteiger partial charge on any atom is -0.491 e. The van der Waals surface area contributed by atoms with Crippen LogP contribution in [-0.2, 0) is 0 Å².